The second-order valence-electron chi connectivity index (χ2n) is 5.37. The van der Waals surface area contributed by atoms with E-state index in [2.05, 4.69) is 15.5 Å². The molecule has 1 aliphatic heterocycles. The standard InChI is InChI=1S/C13H23N3O5/c1-16-7-5-9(6-8-16)14-13(21)15-10(12(19)20)3-2-4-11(17)18/h9-10H,2-8H2,1H3,(H,17,18)(H,19,20)(H2,14,15,21)/t10-/m1/s1. The second-order valence-corrected chi connectivity index (χ2v) is 5.37. The Morgan fingerprint density at radius 3 is 2.38 bits per heavy atom. The summed E-state index contributed by atoms with van der Waals surface area (Å²) in [6.45, 7) is 1.79. The molecule has 0 aliphatic carbocycles. The van der Waals surface area contributed by atoms with Crippen LogP contribution in [0.1, 0.15) is 32.1 Å². The zero-order valence-corrected chi connectivity index (χ0v) is 12.2. The lowest BCUT2D eigenvalue weighted by Crippen LogP contribution is -2.51. The van der Waals surface area contributed by atoms with E-state index < -0.39 is 24.0 Å². The maximum atomic E-state index is 11.8. The number of aliphatic carboxylic acids is 2. The number of amides is 2. The van der Waals surface area contributed by atoms with Crippen molar-refractivity contribution < 1.29 is 24.6 Å². The van der Waals surface area contributed by atoms with Crippen LogP contribution in [0.5, 0.6) is 0 Å². The molecule has 0 bridgehead atoms. The van der Waals surface area contributed by atoms with Crippen molar-refractivity contribution in [1.82, 2.24) is 15.5 Å². The van der Waals surface area contributed by atoms with Crippen LogP contribution >= 0.6 is 0 Å². The van der Waals surface area contributed by atoms with Crippen molar-refractivity contribution in [2.45, 2.75) is 44.2 Å². The average Bonchev–Trinajstić information content (AvgIpc) is 2.39. The number of carboxylic acids is 2. The van der Waals surface area contributed by atoms with Gasteiger partial charge in [0, 0.05) is 12.5 Å². The van der Waals surface area contributed by atoms with Gasteiger partial charge in [0.2, 0.25) is 0 Å². The lowest BCUT2D eigenvalue weighted by Gasteiger charge is -2.29. The van der Waals surface area contributed by atoms with Gasteiger partial charge in [-0.15, -0.1) is 0 Å². The van der Waals surface area contributed by atoms with E-state index in [0.29, 0.717) is 0 Å². The fraction of sp³-hybridized carbons (Fsp3) is 0.769. The molecule has 0 aromatic carbocycles. The number of piperidine rings is 1. The Morgan fingerprint density at radius 2 is 1.86 bits per heavy atom. The molecule has 21 heavy (non-hydrogen) atoms. The number of nitrogens with one attached hydrogen (secondary N) is 2. The Bertz CT molecular complexity index is 380. The summed E-state index contributed by atoms with van der Waals surface area (Å²) in [5.74, 6) is -2.13. The number of urea groups is 1. The highest BCUT2D eigenvalue weighted by atomic mass is 16.4. The number of hydrogen-bond donors (Lipinski definition) is 4. The molecule has 1 aliphatic rings. The molecule has 4 N–H and O–H groups in total. The number of likely N-dealkylation sites (tertiary alicyclic amines) is 1. The largest absolute Gasteiger partial charge is 0.481 e. The number of nitrogens with zero attached hydrogens (tertiary/aromatic N) is 1. The molecule has 1 heterocycles. The summed E-state index contributed by atoms with van der Waals surface area (Å²) in [6, 6.07) is -1.52. The molecule has 1 fully saturated rings. The maximum Gasteiger partial charge on any atom is 0.326 e. The molecule has 0 unspecified atom stereocenters. The molecule has 1 saturated heterocycles. The van der Waals surface area contributed by atoms with E-state index in [0.717, 1.165) is 25.9 Å². The molecule has 0 spiro atoms. The summed E-state index contributed by atoms with van der Waals surface area (Å²) in [4.78, 5) is 35.4. The van der Waals surface area contributed by atoms with Gasteiger partial charge < -0.3 is 25.7 Å². The predicted molar refractivity (Wildman–Crippen MR) is 75.1 cm³/mol. The minimum Gasteiger partial charge on any atom is -0.481 e. The van der Waals surface area contributed by atoms with Crippen molar-refractivity contribution in [2.24, 2.45) is 0 Å². The van der Waals surface area contributed by atoms with E-state index in [1.165, 1.54) is 0 Å². The molecule has 120 valence electrons. The van der Waals surface area contributed by atoms with Gasteiger partial charge in [-0.05, 0) is 45.8 Å². The third-order valence-corrected chi connectivity index (χ3v) is 3.54. The number of hydrogen-bond acceptors (Lipinski definition) is 4. The number of carboxylic acid groups (broad SMARTS) is 2. The van der Waals surface area contributed by atoms with Crippen molar-refractivity contribution >= 4 is 18.0 Å². The molecular formula is C13H23N3O5. The van der Waals surface area contributed by atoms with E-state index in [1.807, 2.05) is 7.05 Å². The van der Waals surface area contributed by atoms with Crippen molar-refractivity contribution in [3.63, 3.8) is 0 Å². The number of carbonyl (C=O) groups excluding carboxylic acids is 1. The zero-order valence-electron chi connectivity index (χ0n) is 12.2. The fourth-order valence-electron chi connectivity index (χ4n) is 2.25. The van der Waals surface area contributed by atoms with Crippen molar-refractivity contribution in [3.05, 3.63) is 0 Å². The van der Waals surface area contributed by atoms with E-state index in [-0.39, 0.29) is 25.3 Å². The highest BCUT2D eigenvalue weighted by Gasteiger charge is 2.23. The molecule has 2 amide bonds. The van der Waals surface area contributed by atoms with Gasteiger partial charge in [0.1, 0.15) is 6.04 Å². The summed E-state index contributed by atoms with van der Waals surface area (Å²) in [5.41, 5.74) is 0. The van der Waals surface area contributed by atoms with Gasteiger partial charge >= 0.3 is 18.0 Å². The topological polar surface area (TPSA) is 119 Å². The Kier molecular flexibility index (Phi) is 6.93. The molecule has 0 saturated carbocycles. The first kappa shape index (κ1) is 17.2. The highest BCUT2D eigenvalue weighted by molar-refractivity contribution is 5.82. The highest BCUT2D eigenvalue weighted by Crippen LogP contribution is 2.08. The van der Waals surface area contributed by atoms with E-state index in [9.17, 15) is 14.4 Å². The van der Waals surface area contributed by atoms with Crippen molar-refractivity contribution in [1.29, 1.82) is 0 Å². The average molecular weight is 301 g/mol. The SMILES string of the molecule is CN1CCC(NC(=O)N[C@H](CCCC(=O)O)C(=O)O)CC1. The van der Waals surface area contributed by atoms with Crippen molar-refractivity contribution in [2.75, 3.05) is 20.1 Å². The van der Waals surface area contributed by atoms with Crippen molar-refractivity contribution in [3.8, 4) is 0 Å². The molecule has 0 aromatic rings. The Labute approximate surface area is 123 Å². The summed E-state index contributed by atoms with van der Waals surface area (Å²) >= 11 is 0. The number of carbonyl (C=O) groups is 3. The van der Waals surface area contributed by atoms with E-state index in [4.69, 9.17) is 10.2 Å². The lowest BCUT2D eigenvalue weighted by molar-refractivity contribution is -0.140. The normalized spacial score (nSPS) is 18.0. The third-order valence-electron chi connectivity index (χ3n) is 3.54. The lowest BCUT2D eigenvalue weighted by atomic mass is 10.1. The minimum absolute atomic E-state index is 0.0506. The first-order valence-corrected chi connectivity index (χ1v) is 7.08. The first-order valence-electron chi connectivity index (χ1n) is 7.08. The maximum absolute atomic E-state index is 11.8. The molecule has 8 heteroatoms. The van der Waals surface area contributed by atoms with Crippen LogP contribution in [0, 0.1) is 0 Å². The predicted octanol–water partition coefficient (Wildman–Crippen LogP) is 0.0879. The monoisotopic (exact) mass is 301 g/mol. The van der Waals surface area contributed by atoms with Crippen LogP contribution in [0.15, 0.2) is 0 Å². The molecule has 0 radical (unpaired) electrons. The summed E-state index contributed by atoms with van der Waals surface area (Å²) in [6.07, 6.45) is 1.87. The van der Waals surface area contributed by atoms with Crippen LogP contribution in [0.4, 0.5) is 4.79 Å². The molecular weight excluding hydrogens is 278 g/mol. The zero-order chi connectivity index (χ0) is 15.8. The Hall–Kier alpha value is -1.83. The fourth-order valence-corrected chi connectivity index (χ4v) is 2.25. The molecule has 1 rings (SSSR count). The van der Waals surface area contributed by atoms with Gasteiger partial charge in [-0.1, -0.05) is 0 Å². The van der Waals surface area contributed by atoms with Crippen LogP contribution < -0.4 is 10.6 Å². The van der Waals surface area contributed by atoms with Gasteiger partial charge in [-0.3, -0.25) is 4.79 Å². The summed E-state index contributed by atoms with van der Waals surface area (Å²) < 4.78 is 0. The van der Waals surface area contributed by atoms with Crippen LogP contribution in [-0.4, -0.2) is 65.3 Å². The second kappa shape index (κ2) is 8.46. The summed E-state index contributed by atoms with van der Waals surface area (Å²) in [5, 5.41) is 22.7. The Balaban J connectivity index is 2.34. The molecule has 8 nitrogen and oxygen atoms in total. The van der Waals surface area contributed by atoms with E-state index in [1.54, 1.807) is 0 Å². The Morgan fingerprint density at radius 1 is 1.24 bits per heavy atom. The smallest absolute Gasteiger partial charge is 0.326 e. The minimum atomic E-state index is -1.15. The van der Waals surface area contributed by atoms with E-state index >= 15 is 0 Å². The quantitative estimate of drug-likeness (QED) is 0.529. The van der Waals surface area contributed by atoms with Crippen LogP contribution in [0.25, 0.3) is 0 Å². The van der Waals surface area contributed by atoms with Crippen LogP contribution in [0.2, 0.25) is 0 Å². The van der Waals surface area contributed by atoms with Crippen LogP contribution in [0.3, 0.4) is 0 Å². The summed E-state index contributed by atoms with van der Waals surface area (Å²) in [7, 11) is 2.01. The number of rotatable bonds is 7. The first-order chi connectivity index (χ1) is 9.88. The van der Waals surface area contributed by atoms with Gasteiger partial charge in [-0.25, -0.2) is 9.59 Å². The molecule has 1 atom stereocenters. The van der Waals surface area contributed by atoms with Gasteiger partial charge in [0.15, 0.2) is 0 Å². The van der Waals surface area contributed by atoms with Gasteiger partial charge in [-0.2, -0.15) is 0 Å². The molecule has 0 aromatic heterocycles. The van der Waals surface area contributed by atoms with Gasteiger partial charge in [0.05, 0.1) is 0 Å². The third kappa shape index (κ3) is 6.94. The van der Waals surface area contributed by atoms with Gasteiger partial charge in [0.25, 0.3) is 0 Å². The van der Waals surface area contributed by atoms with Crippen LogP contribution in [-0.2, 0) is 9.59 Å².